The molecule has 0 aromatic heterocycles. The summed E-state index contributed by atoms with van der Waals surface area (Å²) in [5.74, 6) is 0.900. The van der Waals surface area contributed by atoms with Crippen LogP contribution in [0.4, 0.5) is 0 Å². The normalized spacial score (nSPS) is 22.2. The molecule has 2 aliphatic heterocycles. The van der Waals surface area contributed by atoms with Gasteiger partial charge < -0.3 is 14.4 Å². The van der Waals surface area contributed by atoms with Crippen molar-refractivity contribution in [2.75, 3.05) is 46.4 Å². The van der Waals surface area contributed by atoms with Gasteiger partial charge in [0.2, 0.25) is 5.91 Å². The third kappa shape index (κ3) is 4.83. The van der Waals surface area contributed by atoms with Crippen molar-refractivity contribution in [2.45, 2.75) is 25.9 Å². The minimum absolute atomic E-state index is 0.0945. The average Bonchev–Trinajstić information content (AvgIpc) is 3.15. The van der Waals surface area contributed by atoms with Crippen LogP contribution in [0.15, 0.2) is 30.3 Å². The fraction of sp³-hybridized carbons (Fsp3) is 0.550. The van der Waals surface area contributed by atoms with Crippen molar-refractivity contribution >= 4 is 11.5 Å². The smallest absolute Gasteiger partial charge is 0.246 e. The molecule has 1 aromatic carbocycles. The number of hydrogen-bond donors (Lipinski definition) is 0. The summed E-state index contributed by atoms with van der Waals surface area (Å²) in [6.07, 6.45) is 4.47. The highest BCUT2D eigenvalue weighted by Gasteiger charge is 2.24. The number of amides is 1. The van der Waals surface area contributed by atoms with Gasteiger partial charge in [-0.1, -0.05) is 12.1 Å². The van der Waals surface area contributed by atoms with Crippen LogP contribution < -0.4 is 4.74 Å². The molecule has 0 radical (unpaired) electrons. The SMILES string of the molecule is COc1cccc(/C(C)=C/C(=O)N2CCN(CC3CCCO3)CC2)c1. The quantitative estimate of drug-likeness (QED) is 0.770. The van der Waals surface area contributed by atoms with Crippen molar-refractivity contribution < 1.29 is 14.3 Å². The summed E-state index contributed by atoms with van der Waals surface area (Å²) in [5.41, 5.74) is 1.98. The van der Waals surface area contributed by atoms with Crippen LogP contribution in [0.2, 0.25) is 0 Å². The zero-order valence-corrected chi connectivity index (χ0v) is 15.2. The predicted octanol–water partition coefficient (Wildman–Crippen LogP) is 2.42. The van der Waals surface area contributed by atoms with Gasteiger partial charge in [-0.25, -0.2) is 0 Å². The number of carbonyl (C=O) groups is 1. The molecule has 136 valence electrons. The lowest BCUT2D eigenvalue weighted by molar-refractivity contribution is -0.127. The van der Waals surface area contributed by atoms with Gasteiger partial charge in [0, 0.05) is 45.4 Å². The molecule has 3 rings (SSSR count). The molecule has 0 N–H and O–H groups in total. The first-order valence-electron chi connectivity index (χ1n) is 9.11. The van der Waals surface area contributed by atoms with Gasteiger partial charge >= 0.3 is 0 Å². The molecular weight excluding hydrogens is 316 g/mol. The third-order valence-corrected chi connectivity index (χ3v) is 5.03. The highest BCUT2D eigenvalue weighted by atomic mass is 16.5. The second kappa shape index (κ2) is 8.50. The van der Waals surface area contributed by atoms with E-state index in [4.69, 9.17) is 9.47 Å². The summed E-state index contributed by atoms with van der Waals surface area (Å²) in [4.78, 5) is 16.9. The van der Waals surface area contributed by atoms with Gasteiger partial charge in [0.25, 0.3) is 0 Å². The molecule has 0 aliphatic carbocycles. The summed E-state index contributed by atoms with van der Waals surface area (Å²) in [5, 5.41) is 0. The lowest BCUT2D eigenvalue weighted by Gasteiger charge is -2.35. The monoisotopic (exact) mass is 344 g/mol. The Morgan fingerprint density at radius 1 is 1.32 bits per heavy atom. The largest absolute Gasteiger partial charge is 0.497 e. The van der Waals surface area contributed by atoms with Crippen LogP contribution >= 0.6 is 0 Å². The van der Waals surface area contributed by atoms with E-state index in [0.29, 0.717) is 6.10 Å². The maximum Gasteiger partial charge on any atom is 0.246 e. The van der Waals surface area contributed by atoms with Crippen molar-refractivity contribution in [3.05, 3.63) is 35.9 Å². The van der Waals surface area contributed by atoms with Gasteiger partial charge in [0.15, 0.2) is 0 Å². The number of carbonyl (C=O) groups excluding carboxylic acids is 1. The molecule has 2 fully saturated rings. The van der Waals surface area contributed by atoms with Crippen molar-refractivity contribution in [3.63, 3.8) is 0 Å². The zero-order valence-electron chi connectivity index (χ0n) is 15.2. The number of ether oxygens (including phenoxy) is 2. The lowest BCUT2D eigenvalue weighted by atomic mass is 10.1. The molecular formula is C20H28N2O3. The van der Waals surface area contributed by atoms with Crippen molar-refractivity contribution in [1.29, 1.82) is 0 Å². The fourth-order valence-electron chi connectivity index (χ4n) is 3.46. The number of benzene rings is 1. The molecule has 2 aliphatic rings. The van der Waals surface area contributed by atoms with Gasteiger partial charge in [-0.05, 0) is 43.0 Å². The summed E-state index contributed by atoms with van der Waals surface area (Å²) in [7, 11) is 1.65. The Kier molecular flexibility index (Phi) is 6.10. The third-order valence-electron chi connectivity index (χ3n) is 5.03. The summed E-state index contributed by atoms with van der Waals surface area (Å²) in [6.45, 7) is 7.30. The maximum atomic E-state index is 12.6. The molecule has 2 heterocycles. The summed E-state index contributed by atoms with van der Waals surface area (Å²) < 4.78 is 11.0. The van der Waals surface area contributed by atoms with E-state index in [1.807, 2.05) is 36.1 Å². The molecule has 1 amide bonds. The van der Waals surface area contributed by atoms with E-state index >= 15 is 0 Å². The van der Waals surface area contributed by atoms with E-state index in [9.17, 15) is 4.79 Å². The van der Waals surface area contributed by atoms with Crippen LogP contribution in [0.1, 0.15) is 25.3 Å². The number of methoxy groups -OCH3 is 1. The van der Waals surface area contributed by atoms with Crippen LogP contribution in [-0.4, -0.2) is 68.3 Å². The van der Waals surface area contributed by atoms with Gasteiger partial charge in [-0.2, -0.15) is 0 Å². The minimum Gasteiger partial charge on any atom is -0.497 e. The van der Waals surface area contributed by atoms with E-state index < -0.39 is 0 Å². The Balaban J connectivity index is 1.52. The molecule has 1 aromatic rings. The lowest BCUT2D eigenvalue weighted by Crippen LogP contribution is -2.50. The predicted molar refractivity (Wildman–Crippen MR) is 98.6 cm³/mol. The Bertz CT molecular complexity index is 615. The Hall–Kier alpha value is -1.85. The van der Waals surface area contributed by atoms with E-state index in [1.54, 1.807) is 13.2 Å². The molecule has 1 atom stereocenters. The fourth-order valence-corrected chi connectivity index (χ4v) is 3.46. The molecule has 0 bridgehead atoms. The minimum atomic E-state index is 0.0945. The van der Waals surface area contributed by atoms with Crippen LogP contribution in [0, 0.1) is 0 Å². The second-order valence-corrected chi connectivity index (χ2v) is 6.82. The van der Waals surface area contributed by atoms with Crippen molar-refractivity contribution in [2.24, 2.45) is 0 Å². The number of hydrogen-bond acceptors (Lipinski definition) is 4. The van der Waals surface area contributed by atoms with E-state index in [2.05, 4.69) is 4.90 Å². The van der Waals surface area contributed by atoms with Gasteiger partial charge in [0.05, 0.1) is 13.2 Å². The van der Waals surface area contributed by atoms with E-state index in [0.717, 1.165) is 56.2 Å². The molecule has 0 saturated carbocycles. The van der Waals surface area contributed by atoms with Crippen LogP contribution in [0.25, 0.3) is 5.57 Å². The molecule has 5 heteroatoms. The summed E-state index contributed by atoms with van der Waals surface area (Å²) in [6, 6.07) is 7.81. The Morgan fingerprint density at radius 3 is 2.80 bits per heavy atom. The molecule has 0 spiro atoms. The van der Waals surface area contributed by atoms with E-state index in [-0.39, 0.29) is 5.91 Å². The molecule has 1 unspecified atom stereocenters. The highest BCUT2D eigenvalue weighted by molar-refractivity contribution is 5.95. The topological polar surface area (TPSA) is 42.0 Å². The van der Waals surface area contributed by atoms with Gasteiger partial charge in [-0.3, -0.25) is 9.69 Å². The number of piperazine rings is 1. The zero-order chi connectivity index (χ0) is 17.6. The molecule has 5 nitrogen and oxygen atoms in total. The second-order valence-electron chi connectivity index (χ2n) is 6.82. The van der Waals surface area contributed by atoms with Crippen LogP contribution in [0.3, 0.4) is 0 Å². The number of nitrogens with zero attached hydrogens (tertiary/aromatic N) is 2. The molecule has 25 heavy (non-hydrogen) atoms. The Labute approximate surface area is 150 Å². The Morgan fingerprint density at radius 2 is 2.12 bits per heavy atom. The first-order valence-corrected chi connectivity index (χ1v) is 9.11. The standard InChI is InChI=1S/C20H28N2O3/c1-16(17-5-3-6-18(14-17)24-2)13-20(23)22-10-8-21(9-11-22)15-19-7-4-12-25-19/h3,5-6,13-14,19H,4,7-12,15H2,1-2H3/b16-13+. The van der Waals surface area contributed by atoms with Gasteiger partial charge in [-0.15, -0.1) is 0 Å². The molecule has 2 saturated heterocycles. The van der Waals surface area contributed by atoms with Gasteiger partial charge in [0.1, 0.15) is 5.75 Å². The first kappa shape index (κ1) is 18.0. The summed E-state index contributed by atoms with van der Waals surface area (Å²) >= 11 is 0. The number of rotatable bonds is 5. The van der Waals surface area contributed by atoms with E-state index in [1.165, 1.54) is 12.8 Å². The van der Waals surface area contributed by atoms with Crippen molar-refractivity contribution in [1.82, 2.24) is 9.80 Å². The first-order chi connectivity index (χ1) is 12.2. The maximum absolute atomic E-state index is 12.6. The van der Waals surface area contributed by atoms with Crippen LogP contribution in [0.5, 0.6) is 5.75 Å². The van der Waals surface area contributed by atoms with Crippen molar-refractivity contribution in [3.8, 4) is 5.75 Å². The van der Waals surface area contributed by atoms with Crippen LogP contribution in [-0.2, 0) is 9.53 Å². The average molecular weight is 344 g/mol. The number of allylic oxidation sites excluding steroid dienone is 1. The highest BCUT2D eigenvalue weighted by Crippen LogP contribution is 2.20.